The van der Waals surface area contributed by atoms with Gasteiger partial charge in [0.1, 0.15) is 0 Å². The first-order valence-electron chi connectivity index (χ1n) is 10.7. The Labute approximate surface area is 180 Å². The molecule has 2 saturated heterocycles. The molecule has 1 aromatic heterocycles. The van der Waals surface area contributed by atoms with Gasteiger partial charge < -0.3 is 9.80 Å². The summed E-state index contributed by atoms with van der Waals surface area (Å²) >= 11 is 1.75. The number of hydrogen-bond acceptors (Lipinski definition) is 4. The first-order chi connectivity index (χ1) is 14.7. The monoisotopic (exact) mass is 419 g/mol. The van der Waals surface area contributed by atoms with Gasteiger partial charge in [0.15, 0.2) is 0 Å². The van der Waals surface area contributed by atoms with Crippen molar-refractivity contribution in [3.8, 4) is 0 Å². The molecule has 0 unspecified atom stereocenters. The molecule has 1 atom stereocenters. The van der Waals surface area contributed by atoms with E-state index in [0.717, 1.165) is 48.4 Å². The van der Waals surface area contributed by atoms with E-state index in [4.69, 9.17) is 4.98 Å². The Morgan fingerprint density at radius 2 is 2.00 bits per heavy atom. The van der Waals surface area contributed by atoms with E-state index >= 15 is 0 Å². The second-order valence-electron chi connectivity index (χ2n) is 8.23. The number of piperidine rings is 1. The zero-order chi connectivity index (χ0) is 20.5. The Kier molecular flexibility index (Phi) is 5.25. The maximum Gasteiger partial charge on any atom is 0.253 e. The number of benzene rings is 2. The number of carbonyl (C=O) groups excluding carboxylic acids is 2. The van der Waals surface area contributed by atoms with Crippen LogP contribution in [0, 0.1) is 0 Å². The van der Waals surface area contributed by atoms with Crippen LogP contribution in [0.1, 0.15) is 52.5 Å². The minimum Gasteiger partial charge on any atom is -0.338 e. The summed E-state index contributed by atoms with van der Waals surface area (Å²) in [6, 6.07) is 16.0. The van der Waals surface area contributed by atoms with Crippen LogP contribution in [0.4, 0.5) is 0 Å². The minimum absolute atomic E-state index is 0.0791. The Balaban J connectivity index is 1.30. The number of hydrogen-bond donors (Lipinski definition) is 0. The molecule has 0 bridgehead atoms. The van der Waals surface area contributed by atoms with Crippen molar-refractivity contribution in [1.29, 1.82) is 0 Å². The van der Waals surface area contributed by atoms with Gasteiger partial charge >= 0.3 is 0 Å². The van der Waals surface area contributed by atoms with Gasteiger partial charge in [0.2, 0.25) is 5.91 Å². The van der Waals surface area contributed by atoms with Gasteiger partial charge in [-0.1, -0.05) is 24.3 Å². The number of carbonyl (C=O) groups is 2. The smallest absolute Gasteiger partial charge is 0.253 e. The molecule has 2 fully saturated rings. The van der Waals surface area contributed by atoms with Gasteiger partial charge in [0.25, 0.3) is 5.91 Å². The first-order valence-corrected chi connectivity index (χ1v) is 11.5. The van der Waals surface area contributed by atoms with Crippen LogP contribution >= 0.6 is 11.3 Å². The third-order valence-electron chi connectivity index (χ3n) is 6.09. The van der Waals surface area contributed by atoms with Crippen LogP contribution in [-0.2, 0) is 11.3 Å². The third-order valence-corrected chi connectivity index (χ3v) is 7.29. The maximum absolute atomic E-state index is 13.2. The Morgan fingerprint density at radius 3 is 2.83 bits per heavy atom. The quantitative estimate of drug-likeness (QED) is 0.628. The van der Waals surface area contributed by atoms with Crippen molar-refractivity contribution in [1.82, 2.24) is 14.8 Å². The molecule has 0 saturated carbocycles. The molecular weight excluding hydrogens is 394 g/mol. The van der Waals surface area contributed by atoms with Crippen LogP contribution in [0.3, 0.4) is 0 Å². The van der Waals surface area contributed by atoms with Gasteiger partial charge in [-0.15, -0.1) is 11.3 Å². The molecule has 5 nitrogen and oxygen atoms in total. The van der Waals surface area contributed by atoms with Crippen LogP contribution in [0.15, 0.2) is 48.5 Å². The average molecular weight is 420 g/mol. The lowest BCUT2D eigenvalue weighted by Crippen LogP contribution is -2.39. The van der Waals surface area contributed by atoms with Crippen LogP contribution in [0.5, 0.6) is 0 Å². The lowest BCUT2D eigenvalue weighted by atomic mass is 9.97. The fourth-order valence-corrected chi connectivity index (χ4v) is 5.60. The van der Waals surface area contributed by atoms with E-state index < -0.39 is 0 Å². The van der Waals surface area contributed by atoms with Gasteiger partial charge in [-0.05, 0) is 49.1 Å². The molecule has 30 heavy (non-hydrogen) atoms. The second-order valence-corrected chi connectivity index (χ2v) is 9.29. The van der Waals surface area contributed by atoms with E-state index in [-0.39, 0.29) is 11.8 Å². The molecule has 0 N–H and O–H groups in total. The lowest BCUT2D eigenvalue weighted by Gasteiger charge is -2.32. The van der Waals surface area contributed by atoms with Gasteiger partial charge in [0, 0.05) is 44.1 Å². The highest BCUT2D eigenvalue weighted by Crippen LogP contribution is 2.33. The Hall–Kier alpha value is -2.73. The van der Waals surface area contributed by atoms with E-state index in [1.54, 1.807) is 11.3 Å². The van der Waals surface area contributed by atoms with Crippen LogP contribution in [-0.4, -0.2) is 46.2 Å². The summed E-state index contributed by atoms with van der Waals surface area (Å²) in [7, 11) is 0. The van der Waals surface area contributed by atoms with Crippen molar-refractivity contribution in [2.45, 2.75) is 38.1 Å². The fourth-order valence-electron chi connectivity index (χ4n) is 4.50. The van der Waals surface area contributed by atoms with Crippen molar-refractivity contribution in [3.63, 3.8) is 0 Å². The van der Waals surface area contributed by atoms with Crippen LogP contribution in [0.2, 0.25) is 0 Å². The van der Waals surface area contributed by atoms with E-state index in [0.29, 0.717) is 31.0 Å². The molecule has 2 aromatic carbocycles. The predicted octanol–water partition coefficient (Wildman–Crippen LogP) is 4.44. The van der Waals surface area contributed by atoms with Crippen molar-refractivity contribution in [3.05, 3.63) is 64.7 Å². The molecule has 154 valence electrons. The highest BCUT2D eigenvalue weighted by molar-refractivity contribution is 7.18. The number of thiazole rings is 1. The number of rotatable bonds is 4. The predicted molar refractivity (Wildman–Crippen MR) is 119 cm³/mol. The third kappa shape index (κ3) is 3.84. The maximum atomic E-state index is 13.2. The molecule has 0 spiro atoms. The highest BCUT2D eigenvalue weighted by Gasteiger charge is 2.28. The standard InChI is InChI=1S/C24H25N3O2S/c28-22-11-5-12-26(22)15-17-6-3-7-18(14-17)24(29)27-13-4-8-19(16-27)23-25-20-9-1-2-10-21(20)30-23/h1-3,6-7,9-10,14,19H,4-5,8,11-13,15-16H2/t19-/m0/s1. The minimum atomic E-state index is 0.0791. The van der Waals surface area contributed by atoms with Crippen LogP contribution < -0.4 is 0 Å². The highest BCUT2D eigenvalue weighted by atomic mass is 32.1. The SMILES string of the molecule is O=C1CCCN1Cc1cccc(C(=O)N2CCC[C@H](c3nc4ccccc4s3)C2)c1. The molecular formula is C24H25N3O2S. The number of likely N-dealkylation sites (tertiary alicyclic amines) is 2. The number of amides is 2. The summed E-state index contributed by atoms with van der Waals surface area (Å²) in [4.78, 5) is 33.8. The molecule has 3 heterocycles. The molecule has 2 amide bonds. The van der Waals surface area contributed by atoms with Gasteiger partial charge in [-0.2, -0.15) is 0 Å². The van der Waals surface area contributed by atoms with Crippen molar-refractivity contribution in [2.24, 2.45) is 0 Å². The largest absolute Gasteiger partial charge is 0.338 e. The lowest BCUT2D eigenvalue weighted by molar-refractivity contribution is -0.128. The van der Waals surface area contributed by atoms with Gasteiger partial charge in [-0.3, -0.25) is 9.59 Å². The number of para-hydroxylation sites is 1. The summed E-state index contributed by atoms with van der Waals surface area (Å²) in [6.07, 6.45) is 3.63. The molecule has 5 rings (SSSR count). The van der Waals surface area contributed by atoms with Crippen molar-refractivity contribution >= 4 is 33.4 Å². The summed E-state index contributed by atoms with van der Waals surface area (Å²) in [5, 5.41) is 1.13. The van der Waals surface area contributed by atoms with E-state index in [1.165, 1.54) is 4.70 Å². The van der Waals surface area contributed by atoms with E-state index in [9.17, 15) is 9.59 Å². The average Bonchev–Trinajstić information content (AvgIpc) is 3.40. The first kappa shape index (κ1) is 19.2. The topological polar surface area (TPSA) is 53.5 Å². The molecule has 6 heteroatoms. The Morgan fingerprint density at radius 1 is 1.10 bits per heavy atom. The second kappa shape index (κ2) is 8.19. The molecule has 2 aliphatic rings. The summed E-state index contributed by atoms with van der Waals surface area (Å²) in [5.41, 5.74) is 2.78. The molecule has 0 radical (unpaired) electrons. The van der Waals surface area contributed by atoms with E-state index in [1.807, 2.05) is 46.2 Å². The molecule has 0 aliphatic carbocycles. The molecule has 3 aromatic rings. The molecule has 2 aliphatic heterocycles. The normalized spacial score (nSPS) is 19.6. The zero-order valence-electron chi connectivity index (χ0n) is 16.9. The van der Waals surface area contributed by atoms with Gasteiger partial charge in [-0.25, -0.2) is 4.98 Å². The van der Waals surface area contributed by atoms with Crippen molar-refractivity contribution < 1.29 is 9.59 Å². The summed E-state index contributed by atoms with van der Waals surface area (Å²) in [5.74, 6) is 0.586. The zero-order valence-corrected chi connectivity index (χ0v) is 17.7. The number of nitrogens with zero attached hydrogens (tertiary/aromatic N) is 3. The number of fused-ring (bicyclic) bond motifs is 1. The van der Waals surface area contributed by atoms with Crippen LogP contribution in [0.25, 0.3) is 10.2 Å². The fraction of sp³-hybridized carbons (Fsp3) is 0.375. The summed E-state index contributed by atoms with van der Waals surface area (Å²) in [6.45, 7) is 2.91. The number of aromatic nitrogens is 1. The summed E-state index contributed by atoms with van der Waals surface area (Å²) < 4.78 is 1.21. The van der Waals surface area contributed by atoms with Gasteiger partial charge in [0.05, 0.1) is 15.2 Å². The Bertz CT molecular complexity index is 1060. The van der Waals surface area contributed by atoms with E-state index in [2.05, 4.69) is 12.1 Å². The van der Waals surface area contributed by atoms with Crippen molar-refractivity contribution in [2.75, 3.05) is 19.6 Å².